The summed E-state index contributed by atoms with van der Waals surface area (Å²) in [6.45, 7) is -0.772. The molecule has 0 aromatic heterocycles. The van der Waals surface area contributed by atoms with E-state index >= 15 is 0 Å². The van der Waals surface area contributed by atoms with Crippen molar-refractivity contribution < 1.29 is 28.8 Å². The lowest BCUT2D eigenvalue weighted by atomic mass is 9.71. The summed E-state index contributed by atoms with van der Waals surface area (Å²) in [5.41, 5.74) is -0.432. The van der Waals surface area contributed by atoms with E-state index < -0.39 is 40.8 Å². The van der Waals surface area contributed by atoms with Crippen LogP contribution in [0.4, 0.5) is 4.79 Å². The van der Waals surface area contributed by atoms with Crippen LogP contribution >= 0.6 is 0 Å². The van der Waals surface area contributed by atoms with Crippen LogP contribution in [0.3, 0.4) is 0 Å². The minimum atomic E-state index is -1.87. The Hall–Kier alpha value is -4.79. The van der Waals surface area contributed by atoms with Gasteiger partial charge in [0.15, 0.2) is 5.78 Å². The van der Waals surface area contributed by atoms with Gasteiger partial charge in [-0.15, -0.1) is 0 Å². The molecule has 2 atom stereocenters. The second-order valence-electron chi connectivity index (χ2n) is 8.84. The number of hydrogen-bond acceptors (Lipinski definition) is 7. The lowest BCUT2D eigenvalue weighted by Gasteiger charge is -2.41. The lowest BCUT2D eigenvalue weighted by Crippen LogP contribution is -2.58. The number of amides is 1. The summed E-state index contributed by atoms with van der Waals surface area (Å²) in [6, 6.07) is 26.3. The molecule has 3 aromatic carbocycles. The molecule has 38 heavy (non-hydrogen) atoms. The average molecular weight is 515 g/mol. The molecule has 4 rings (SSSR count). The van der Waals surface area contributed by atoms with Gasteiger partial charge in [0.25, 0.3) is 0 Å². The fraction of sp³-hybridized carbons (Fsp3) is 0.207. The van der Waals surface area contributed by atoms with Crippen molar-refractivity contribution in [2.45, 2.75) is 24.5 Å². The first kappa shape index (κ1) is 26.3. The van der Waals surface area contributed by atoms with Crippen LogP contribution in [0.1, 0.15) is 22.6 Å². The minimum Gasteiger partial charge on any atom is -0.465 e. The molecule has 9 nitrogen and oxygen atoms in total. The molecule has 0 radical (unpaired) electrons. The van der Waals surface area contributed by atoms with Crippen molar-refractivity contribution in [2.24, 2.45) is 0 Å². The van der Waals surface area contributed by atoms with E-state index in [1.54, 1.807) is 84.9 Å². The summed E-state index contributed by atoms with van der Waals surface area (Å²) in [4.78, 5) is 52.9. The van der Waals surface area contributed by atoms with Crippen LogP contribution in [0.25, 0.3) is 0 Å². The van der Waals surface area contributed by atoms with Gasteiger partial charge in [0.2, 0.25) is 6.54 Å². The van der Waals surface area contributed by atoms with Gasteiger partial charge in [0.1, 0.15) is 17.7 Å². The maximum atomic E-state index is 14.2. The molecule has 0 saturated heterocycles. The summed E-state index contributed by atoms with van der Waals surface area (Å²) in [5.74, 6) is -2.81. The molecule has 0 unspecified atom stereocenters. The van der Waals surface area contributed by atoms with Crippen LogP contribution in [0.2, 0.25) is 0 Å². The summed E-state index contributed by atoms with van der Waals surface area (Å²) >= 11 is 0. The standard InChI is InChI=1S/C29H26N2O7/c1-37-27(33)24-18-30(28(34)38-20-22-13-7-3-8-14-22)29(26(24)32,17-21-11-5-2-6-12-21)25(19-31(35)36)23-15-9-4-10-16-23/h2-16,18,25H,17,19-20H2,1H3/t25-,29+/m1/s1. The molecule has 1 amide bonds. The van der Waals surface area contributed by atoms with Gasteiger partial charge in [0, 0.05) is 17.5 Å². The Morgan fingerprint density at radius 1 is 0.921 bits per heavy atom. The smallest absolute Gasteiger partial charge is 0.415 e. The minimum absolute atomic E-state index is 0.0988. The number of ketones is 1. The van der Waals surface area contributed by atoms with Crippen LogP contribution in [-0.2, 0) is 32.1 Å². The number of esters is 1. The van der Waals surface area contributed by atoms with Gasteiger partial charge in [0.05, 0.1) is 13.0 Å². The fourth-order valence-electron chi connectivity index (χ4n) is 4.79. The van der Waals surface area contributed by atoms with Gasteiger partial charge >= 0.3 is 12.1 Å². The predicted octanol–water partition coefficient (Wildman–Crippen LogP) is 4.31. The number of rotatable bonds is 9. The van der Waals surface area contributed by atoms with Gasteiger partial charge < -0.3 is 9.47 Å². The Bertz CT molecular complexity index is 1340. The summed E-state index contributed by atoms with van der Waals surface area (Å²) in [6.07, 6.45) is 0.0824. The SMILES string of the molecule is COC(=O)C1=CN(C(=O)OCc2ccccc2)[C@@](Cc2ccccc2)([C@H](C[N+](=O)[O-])c2ccccc2)C1=O. The number of ether oxygens (including phenoxy) is 2. The molecule has 0 spiro atoms. The molecule has 9 heteroatoms. The van der Waals surface area contributed by atoms with E-state index in [1.165, 1.54) is 0 Å². The predicted molar refractivity (Wildman–Crippen MR) is 137 cm³/mol. The van der Waals surface area contributed by atoms with E-state index in [1.807, 2.05) is 6.07 Å². The molecule has 0 bridgehead atoms. The third-order valence-corrected chi connectivity index (χ3v) is 6.56. The highest BCUT2D eigenvalue weighted by Crippen LogP contribution is 2.44. The molecule has 194 valence electrons. The van der Waals surface area contributed by atoms with Crippen LogP contribution in [-0.4, -0.2) is 46.9 Å². The van der Waals surface area contributed by atoms with Crippen LogP contribution < -0.4 is 0 Å². The van der Waals surface area contributed by atoms with Crippen molar-refractivity contribution in [3.63, 3.8) is 0 Å². The highest BCUT2D eigenvalue weighted by atomic mass is 16.6. The van der Waals surface area contributed by atoms with E-state index in [0.717, 1.165) is 18.2 Å². The summed E-state index contributed by atoms with van der Waals surface area (Å²) in [7, 11) is 1.12. The Morgan fingerprint density at radius 2 is 1.47 bits per heavy atom. The third kappa shape index (κ3) is 5.31. The first-order chi connectivity index (χ1) is 18.4. The van der Waals surface area contributed by atoms with E-state index in [-0.39, 0.29) is 18.6 Å². The highest BCUT2D eigenvalue weighted by Gasteiger charge is 2.60. The molecule has 3 aromatic rings. The Kier molecular flexibility index (Phi) is 7.96. The highest BCUT2D eigenvalue weighted by molar-refractivity contribution is 6.24. The van der Waals surface area contributed by atoms with E-state index in [0.29, 0.717) is 16.7 Å². The maximum Gasteiger partial charge on any atom is 0.415 e. The number of nitrogens with zero attached hydrogens (tertiary/aromatic N) is 2. The number of carbonyl (C=O) groups is 3. The largest absolute Gasteiger partial charge is 0.465 e. The fourth-order valence-corrected chi connectivity index (χ4v) is 4.79. The average Bonchev–Trinajstić information content (AvgIpc) is 3.23. The van der Waals surface area contributed by atoms with Crippen molar-refractivity contribution in [1.29, 1.82) is 0 Å². The van der Waals surface area contributed by atoms with Crippen LogP contribution in [0.5, 0.6) is 0 Å². The van der Waals surface area contributed by atoms with Crippen LogP contribution in [0.15, 0.2) is 103 Å². The van der Waals surface area contributed by atoms with Crippen molar-refractivity contribution in [2.75, 3.05) is 13.7 Å². The van der Waals surface area contributed by atoms with E-state index in [2.05, 4.69) is 0 Å². The third-order valence-electron chi connectivity index (χ3n) is 6.56. The number of nitro groups is 1. The molecule has 1 heterocycles. The van der Waals surface area contributed by atoms with Crippen molar-refractivity contribution >= 4 is 17.8 Å². The maximum absolute atomic E-state index is 14.2. The number of benzene rings is 3. The van der Waals surface area contributed by atoms with Crippen molar-refractivity contribution in [3.05, 3.63) is 130 Å². The molecule has 0 fully saturated rings. The Morgan fingerprint density at radius 3 is 2.03 bits per heavy atom. The van der Waals surface area contributed by atoms with E-state index in [9.17, 15) is 24.5 Å². The summed E-state index contributed by atoms with van der Waals surface area (Å²) in [5, 5.41) is 12.0. The zero-order chi connectivity index (χ0) is 27.1. The molecule has 1 aliphatic rings. The second kappa shape index (κ2) is 11.5. The van der Waals surface area contributed by atoms with E-state index in [4.69, 9.17) is 9.47 Å². The number of carbonyl (C=O) groups excluding carboxylic acids is 3. The first-order valence-electron chi connectivity index (χ1n) is 11.9. The molecule has 0 aliphatic carbocycles. The lowest BCUT2D eigenvalue weighted by molar-refractivity contribution is -0.485. The van der Waals surface area contributed by atoms with Gasteiger partial charge in [-0.25, -0.2) is 9.59 Å². The van der Waals surface area contributed by atoms with Crippen molar-refractivity contribution in [1.82, 2.24) is 4.90 Å². The molecular formula is C29H26N2O7. The molecule has 0 N–H and O–H groups in total. The van der Waals surface area contributed by atoms with Crippen LogP contribution in [0, 0.1) is 10.1 Å². The van der Waals surface area contributed by atoms with Gasteiger partial charge in [-0.3, -0.25) is 19.8 Å². The zero-order valence-electron chi connectivity index (χ0n) is 20.7. The molecule has 1 aliphatic heterocycles. The Labute approximate surface area is 219 Å². The topological polar surface area (TPSA) is 116 Å². The molecular weight excluding hydrogens is 488 g/mol. The Balaban J connectivity index is 1.88. The zero-order valence-corrected chi connectivity index (χ0v) is 20.7. The first-order valence-corrected chi connectivity index (χ1v) is 11.9. The van der Waals surface area contributed by atoms with Gasteiger partial charge in [-0.05, 0) is 16.7 Å². The van der Waals surface area contributed by atoms with Gasteiger partial charge in [-0.2, -0.15) is 0 Å². The molecule has 0 saturated carbocycles. The quantitative estimate of drug-likeness (QED) is 0.181. The number of methoxy groups -OCH3 is 1. The van der Waals surface area contributed by atoms with Gasteiger partial charge in [-0.1, -0.05) is 91.0 Å². The summed E-state index contributed by atoms with van der Waals surface area (Å²) < 4.78 is 10.4. The number of Topliss-reactive ketones (excluding diaryl/α,β-unsaturated/α-hetero) is 1. The normalized spacial score (nSPS) is 17.4. The monoisotopic (exact) mass is 514 g/mol. The number of hydrogen-bond donors (Lipinski definition) is 0. The van der Waals surface area contributed by atoms with Crippen molar-refractivity contribution in [3.8, 4) is 0 Å². The second-order valence-corrected chi connectivity index (χ2v) is 8.84.